The molecule has 1 unspecified atom stereocenters. The maximum absolute atomic E-state index is 12.2. The van der Waals surface area contributed by atoms with Gasteiger partial charge in [0, 0.05) is 41.4 Å². The van der Waals surface area contributed by atoms with E-state index in [1.54, 1.807) is 30.9 Å². The molecule has 3 aromatic rings. The van der Waals surface area contributed by atoms with Crippen LogP contribution >= 0.6 is 0 Å². The average molecular weight is 422 g/mol. The van der Waals surface area contributed by atoms with E-state index in [0.29, 0.717) is 12.1 Å². The Labute approximate surface area is 180 Å². The van der Waals surface area contributed by atoms with E-state index in [2.05, 4.69) is 22.5 Å². The van der Waals surface area contributed by atoms with Crippen LogP contribution in [0.4, 0.5) is 5.69 Å². The summed E-state index contributed by atoms with van der Waals surface area (Å²) in [5, 5.41) is 16.0. The maximum Gasteiger partial charge on any atom is 0.274 e. The van der Waals surface area contributed by atoms with Crippen molar-refractivity contribution in [3.05, 3.63) is 65.9 Å². The number of amides is 2. The Morgan fingerprint density at radius 1 is 1.10 bits per heavy atom. The van der Waals surface area contributed by atoms with Crippen LogP contribution in [0.2, 0.25) is 0 Å². The molecule has 3 rings (SSSR count). The fourth-order valence-electron chi connectivity index (χ4n) is 3.28. The Kier molecular flexibility index (Phi) is 7.40. The summed E-state index contributed by atoms with van der Waals surface area (Å²) in [6, 6.07) is 14.0. The number of aromatic nitrogens is 1. The molecule has 0 fully saturated rings. The molecule has 0 aliphatic carbocycles. The number of nitrogens with zero attached hydrogens (tertiary/aromatic N) is 1. The number of hydroxylamine groups is 1. The number of pyridine rings is 1. The molecule has 0 saturated carbocycles. The van der Waals surface area contributed by atoms with Gasteiger partial charge in [0.1, 0.15) is 5.75 Å². The molecule has 0 bridgehead atoms. The van der Waals surface area contributed by atoms with Gasteiger partial charge in [0.15, 0.2) is 0 Å². The molecule has 8 heteroatoms. The zero-order chi connectivity index (χ0) is 22.2. The maximum atomic E-state index is 12.2. The van der Waals surface area contributed by atoms with Crippen molar-refractivity contribution < 1.29 is 19.5 Å². The zero-order valence-corrected chi connectivity index (χ0v) is 17.5. The van der Waals surface area contributed by atoms with Crippen LogP contribution < -0.4 is 20.9 Å². The van der Waals surface area contributed by atoms with Crippen molar-refractivity contribution in [3.8, 4) is 5.75 Å². The third-order valence-corrected chi connectivity index (χ3v) is 4.93. The molecule has 1 heterocycles. The molecule has 0 aliphatic heterocycles. The standard InChI is InChI=1S/C23H26N4O4/c1-15(26-20-14-19(31-2)13-18-6-4-11-24-21(18)20)5-3-12-25-22(28)16-7-9-17(10-8-16)23(29)27-30/h4,6-11,13-15,26,30H,3,5,12H2,1-2H3,(H,25,28)(H,27,29). The summed E-state index contributed by atoms with van der Waals surface area (Å²) >= 11 is 0. The smallest absolute Gasteiger partial charge is 0.274 e. The number of carbonyl (C=O) groups is 2. The lowest BCUT2D eigenvalue weighted by atomic mass is 10.1. The quantitative estimate of drug-likeness (QED) is 0.239. The van der Waals surface area contributed by atoms with Crippen LogP contribution in [0.25, 0.3) is 10.9 Å². The number of fused-ring (bicyclic) bond motifs is 1. The van der Waals surface area contributed by atoms with Gasteiger partial charge >= 0.3 is 0 Å². The monoisotopic (exact) mass is 422 g/mol. The highest BCUT2D eigenvalue weighted by molar-refractivity contribution is 5.97. The summed E-state index contributed by atoms with van der Waals surface area (Å²) in [5.74, 6) is -0.0584. The fourth-order valence-corrected chi connectivity index (χ4v) is 3.28. The van der Waals surface area contributed by atoms with E-state index in [9.17, 15) is 9.59 Å². The largest absolute Gasteiger partial charge is 0.497 e. The fraction of sp³-hybridized carbons (Fsp3) is 0.261. The van der Waals surface area contributed by atoms with Gasteiger partial charge in [-0.2, -0.15) is 0 Å². The van der Waals surface area contributed by atoms with Crippen LogP contribution in [-0.2, 0) is 0 Å². The number of carbonyl (C=O) groups excluding carboxylic acids is 2. The number of nitrogens with one attached hydrogen (secondary N) is 3. The van der Waals surface area contributed by atoms with Gasteiger partial charge in [0.2, 0.25) is 0 Å². The van der Waals surface area contributed by atoms with E-state index in [1.807, 2.05) is 24.3 Å². The lowest BCUT2D eigenvalue weighted by Crippen LogP contribution is -2.26. The number of benzene rings is 2. The van der Waals surface area contributed by atoms with E-state index in [0.717, 1.165) is 35.2 Å². The summed E-state index contributed by atoms with van der Waals surface area (Å²) < 4.78 is 5.39. The molecule has 0 radical (unpaired) electrons. The van der Waals surface area contributed by atoms with Crippen molar-refractivity contribution in [2.75, 3.05) is 19.0 Å². The van der Waals surface area contributed by atoms with Crippen LogP contribution in [0, 0.1) is 0 Å². The molecule has 8 nitrogen and oxygen atoms in total. The molecule has 31 heavy (non-hydrogen) atoms. The number of rotatable bonds is 9. The molecular weight excluding hydrogens is 396 g/mol. The lowest BCUT2D eigenvalue weighted by molar-refractivity contribution is 0.0706. The molecular formula is C23H26N4O4. The van der Waals surface area contributed by atoms with E-state index in [-0.39, 0.29) is 17.5 Å². The van der Waals surface area contributed by atoms with Crippen LogP contribution in [0.1, 0.15) is 40.5 Å². The Hall–Kier alpha value is -3.65. The predicted molar refractivity (Wildman–Crippen MR) is 119 cm³/mol. The van der Waals surface area contributed by atoms with Gasteiger partial charge < -0.3 is 15.4 Å². The topological polar surface area (TPSA) is 113 Å². The molecule has 0 aliphatic rings. The Bertz CT molecular complexity index is 1050. The minimum atomic E-state index is -0.618. The van der Waals surface area contributed by atoms with Crippen LogP contribution in [0.15, 0.2) is 54.7 Å². The summed E-state index contributed by atoms with van der Waals surface area (Å²) in [4.78, 5) is 28.1. The van der Waals surface area contributed by atoms with Crippen molar-refractivity contribution >= 4 is 28.4 Å². The van der Waals surface area contributed by atoms with Crippen LogP contribution in [0.5, 0.6) is 5.75 Å². The minimum Gasteiger partial charge on any atom is -0.497 e. The highest BCUT2D eigenvalue weighted by Gasteiger charge is 2.11. The van der Waals surface area contributed by atoms with E-state index in [1.165, 1.54) is 12.1 Å². The average Bonchev–Trinajstić information content (AvgIpc) is 2.81. The van der Waals surface area contributed by atoms with Crippen molar-refractivity contribution in [1.29, 1.82) is 0 Å². The third-order valence-electron chi connectivity index (χ3n) is 4.93. The van der Waals surface area contributed by atoms with Crippen LogP contribution in [0.3, 0.4) is 0 Å². The first-order valence-electron chi connectivity index (χ1n) is 10.0. The number of ether oxygens (including phenoxy) is 1. The van der Waals surface area contributed by atoms with Gasteiger partial charge in [0.25, 0.3) is 11.8 Å². The molecule has 1 atom stereocenters. The normalized spacial score (nSPS) is 11.6. The first kappa shape index (κ1) is 22.0. The van der Waals surface area contributed by atoms with Crippen molar-refractivity contribution in [2.45, 2.75) is 25.8 Å². The van der Waals surface area contributed by atoms with Gasteiger partial charge in [0.05, 0.1) is 18.3 Å². The molecule has 0 saturated heterocycles. The van der Waals surface area contributed by atoms with Gasteiger partial charge in [-0.05, 0) is 56.2 Å². The first-order valence-corrected chi connectivity index (χ1v) is 10.0. The van der Waals surface area contributed by atoms with Crippen molar-refractivity contribution in [3.63, 3.8) is 0 Å². The molecule has 2 amide bonds. The van der Waals surface area contributed by atoms with Crippen LogP contribution in [-0.4, -0.2) is 41.7 Å². The number of methoxy groups -OCH3 is 1. The predicted octanol–water partition coefficient (Wildman–Crippen LogP) is 3.37. The summed E-state index contributed by atoms with van der Waals surface area (Å²) in [7, 11) is 1.64. The van der Waals surface area contributed by atoms with Crippen molar-refractivity contribution in [2.24, 2.45) is 0 Å². The number of anilines is 1. The third kappa shape index (κ3) is 5.70. The molecule has 1 aromatic heterocycles. The molecule has 0 spiro atoms. The Morgan fingerprint density at radius 3 is 2.48 bits per heavy atom. The minimum absolute atomic E-state index is 0.172. The second kappa shape index (κ2) is 10.4. The Morgan fingerprint density at radius 2 is 1.81 bits per heavy atom. The lowest BCUT2D eigenvalue weighted by Gasteiger charge is -2.17. The summed E-state index contributed by atoms with van der Waals surface area (Å²) in [5.41, 5.74) is 4.10. The van der Waals surface area contributed by atoms with Gasteiger partial charge in [-0.3, -0.25) is 19.8 Å². The molecule has 2 aromatic carbocycles. The summed E-state index contributed by atoms with van der Waals surface area (Å²) in [6.45, 7) is 2.61. The van der Waals surface area contributed by atoms with Gasteiger partial charge in [-0.1, -0.05) is 6.07 Å². The van der Waals surface area contributed by atoms with E-state index in [4.69, 9.17) is 9.94 Å². The van der Waals surface area contributed by atoms with Crippen molar-refractivity contribution in [1.82, 2.24) is 15.8 Å². The second-order valence-corrected chi connectivity index (χ2v) is 7.21. The SMILES string of the molecule is COc1cc(NC(C)CCCNC(=O)c2ccc(C(=O)NO)cc2)c2ncccc2c1. The van der Waals surface area contributed by atoms with E-state index < -0.39 is 5.91 Å². The Balaban J connectivity index is 1.49. The van der Waals surface area contributed by atoms with Gasteiger partial charge in [-0.25, -0.2) is 5.48 Å². The second-order valence-electron chi connectivity index (χ2n) is 7.21. The molecule has 162 valence electrons. The zero-order valence-electron chi connectivity index (χ0n) is 17.5. The summed E-state index contributed by atoms with van der Waals surface area (Å²) in [6.07, 6.45) is 3.41. The van der Waals surface area contributed by atoms with Gasteiger partial charge in [-0.15, -0.1) is 0 Å². The first-order chi connectivity index (χ1) is 15.0. The molecule has 4 N–H and O–H groups in total. The highest BCUT2D eigenvalue weighted by Crippen LogP contribution is 2.28. The number of hydrogen-bond acceptors (Lipinski definition) is 6. The van der Waals surface area contributed by atoms with E-state index >= 15 is 0 Å². The number of hydrogen-bond donors (Lipinski definition) is 4. The highest BCUT2D eigenvalue weighted by atomic mass is 16.5.